The van der Waals surface area contributed by atoms with Gasteiger partial charge in [-0.15, -0.1) is 0 Å². The SMILES string of the molecule is CN1CCC(CN(C)C(=O)NC(C)(C(=O)O)C(F)(F)F)C1. The molecule has 0 bridgehead atoms. The highest BCUT2D eigenvalue weighted by Gasteiger charge is 2.58. The molecule has 9 heteroatoms. The third-order valence-corrected chi connectivity index (χ3v) is 3.72. The van der Waals surface area contributed by atoms with Crippen molar-refractivity contribution in [2.24, 2.45) is 5.92 Å². The summed E-state index contributed by atoms with van der Waals surface area (Å²) >= 11 is 0. The van der Waals surface area contributed by atoms with Gasteiger partial charge in [0.05, 0.1) is 0 Å². The maximum atomic E-state index is 12.8. The molecule has 0 saturated carbocycles. The smallest absolute Gasteiger partial charge is 0.422 e. The number of halogens is 3. The van der Waals surface area contributed by atoms with Gasteiger partial charge < -0.3 is 20.2 Å². The fourth-order valence-corrected chi connectivity index (χ4v) is 2.20. The number of nitrogens with zero attached hydrogens (tertiary/aromatic N) is 2. The average molecular weight is 311 g/mol. The number of carboxylic acid groups (broad SMARTS) is 1. The Morgan fingerprint density at radius 1 is 1.43 bits per heavy atom. The molecule has 1 aliphatic heterocycles. The molecule has 0 spiro atoms. The van der Waals surface area contributed by atoms with Gasteiger partial charge in [0, 0.05) is 20.1 Å². The lowest BCUT2D eigenvalue weighted by atomic mass is 10.0. The van der Waals surface area contributed by atoms with Crippen molar-refractivity contribution in [1.29, 1.82) is 0 Å². The quantitative estimate of drug-likeness (QED) is 0.812. The number of amides is 2. The second-order valence-electron chi connectivity index (χ2n) is 5.66. The first-order valence-electron chi connectivity index (χ1n) is 6.49. The standard InChI is InChI=1S/C12H20F3N3O3/c1-11(9(19)20,12(13,14)15)16-10(21)18(3)7-8-4-5-17(2)6-8/h8H,4-7H2,1-3H3,(H,16,21)(H,19,20). The summed E-state index contributed by atoms with van der Waals surface area (Å²) in [5, 5.41) is 10.3. The van der Waals surface area contributed by atoms with Crippen LogP contribution < -0.4 is 5.32 Å². The number of alkyl halides is 3. The molecule has 0 aromatic rings. The number of carbonyl (C=O) groups is 2. The first-order valence-corrected chi connectivity index (χ1v) is 6.49. The van der Waals surface area contributed by atoms with Gasteiger partial charge in [-0.1, -0.05) is 0 Å². The Balaban J connectivity index is 2.67. The van der Waals surface area contributed by atoms with Crippen molar-refractivity contribution >= 4 is 12.0 Å². The summed E-state index contributed by atoms with van der Waals surface area (Å²) < 4.78 is 38.4. The van der Waals surface area contributed by atoms with E-state index in [1.54, 1.807) is 5.32 Å². The summed E-state index contributed by atoms with van der Waals surface area (Å²) in [5.41, 5.74) is -3.30. The van der Waals surface area contributed by atoms with Gasteiger partial charge in [0.1, 0.15) is 0 Å². The monoisotopic (exact) mass is 311 g/mol. The first-order chi connectivity index (χ1) is 9.47. The lowest BCUT2D eigenvalue weighted by molar-refractivity contribution is -0.203. The molecule has 1 rings (SSSR count). The van der Waals surface area contributed by atoms with Crippen LogP contribution in [0.4, 0.5) is 18.0 Å². The molecular formula is C12H20F3N3O3. The van der Waals surface area contributed by atoms with Crippen LogP contribution in [0, 0.1) is 5.92 Å². The Kier molecular flexibility index (Phi) is 5.08. The maximum Gasteiger partial charge on any atom is 0.422 e. The zero-order valence-corrected chi connectivity index (χ0v) is 12.2. The van der Waals surface area contributed by atoms with E-state index in [9.17, 15) is 22.8 Å². The molecule has 0 aromatic heterocycles. The summed E-state index contributed by atoms with van der Waals surface area (Å²) in [6.45, 7) is 2.34. The molecule has 0 aliphatic carbocycles. The van der Waals surface area contributed by atoms with Crippen LogP contribution in [0.3, 0.4) is 0 Å². The van der Waals surface area contributed by atoms with Crippen molar-refractivity contribution < 1.29 is 27.9 Å². The Hall–Kier alpha value is -1.51. The summed E-state index contributed by atoms with van der Waals surface area (Å²) in [5.74, 6) is -1.97. The molecule has 1 fully saturated rings. The molecule has 122 valence electrons. The molecule has 2 N–H and O–H groups in total. The van der Waals surface area contributed by atoms with E-state index in [1.165, 1.54) is 7.05 Å². The van der Waals surface area contributed by atoms with Crippen LogP contribution in [-0.2, 0) is 4.79 Å². The van der Waals surface area contributed by atoms with Crippen molar-refractivity contribution in [3.05, 3.63) is 0 Å². The molecular weight excluding hydrogens is 291 g/mol. The Morgan fingerprint density at radius 3 is 2.38 bits per heavy atom. The number of nitrogens with one attached hydrogen (secondary N) is 1. The predicted octanol–water partition coefficient (Wildman–Crippen LogP) is 0.985. The lowest BCUT2D eigenvalue weighted by Crippen LogP contribution is -2.63. The third-order valence-electron chi connectivity index (χ3n) is 3.72. The summed E-state index contributed by atoms with van der Waals surface area (Å²) in [7, 11) is 3.28. The second-order valence-corrected chi connectivity index (χ2v) is 5.66. The van der Waals surface area contributed by atoms with E-state index in [0.717, 1.165) is 24.4 Å². The molecule has 0 aromatic carbocycles. The first kappa shape index (κ1) is 17.5. The van der Waals surface area contributed by atoms with Crippen LogP contribution in [0.2, 0.25) is 0 Å². The second kappa shape index (κ2) is 6.08. The molecule has 1 aliphatic rings. The molecule has 2 amide bonds. The van der Waals surface area contributed by atoms with Gasteiger partial charge >= 0.3 is 18.2 Å². The van der Waals surface area contributed by atoms with Crippen molar-refractivity contribution in [2.75, 3.05) is 33.7 Å². The highest BCUT2D eigenvalue weighted by molar-refractivity contribution is 5.86. The number of carboxylic acids is 1. The van der Waals surface area contributed by atoms with Gasteiger partial charge in [0.25, 0.3) is 0 Å². The molecule has 6 nitrogen and oxygen atoms in total. The number of likely N-dealkylation sites (tertiary alicyclic amines) is 1. The molecule has 0 radical (unpaired) electrons. The number of hydrogen-bond donors (Lipinski definition) is 2. The number of hydrogen-bond acceptors (Lipinski definition) is 3. The van der Waals surface area contributed by atoms with E-state index < -0.39 is 23.7 Å². The van der Waals surface area contributed by atoms with Crippen molar-refractivity contribution in [3.8, 4) is 0 Å². The zero-order valence-electron chi connectivity index (χ0n) is 12.2. The highest BCUT2D eigenvalue weighted by atomic mass is 19.4. The minimum Gasteiger partial charge on any atom is -0.479 e. The van der Waals surface area contributed by atoms with E-state index in [-0.39, 0.29) is 12.5 Å². The highest BCUT2D eigenvalue weighted by Crippen LogP contribution is 2.30. The topological polar surface area (TPSA) is 72.9 Å². The van der Waals surface area contributed by atoms with E-state index in [1.807, 2.05) is 7.05 Å². The molecule has 2 unspecified atom stereocenters. The minimum absolute atomic E-state index is 0.174. The minimum atomic E-state index is -5.08. The van der Waals surface area contributed by atoms with Gasteiger partial charge in [-0.05, 0) is 32.9 Å². The number of urea groups is 1. The summed E-state index contributed by atoms with van der Waals surface area (Å²) in [4.78, 5) is 25.8. The van der Waals surface area contributed by atoms with Gasteiger partial charge in [0.2, 0.25) is 5.54 Å². The average Bonchev–Trinajstić information content (AvgIpc) is 2.72. The van der Waals surface area contributed by atoms with Gasteiger partial charge in [-0.3, -0.25) is 0 Å². The van der Waals surface area contributed by atoms with Crippen molar-refractivity contribution in [3.63, 3.8) is 0 Å². The number of carbonyl (C=O) groups excluding carboxylic acids is 1. The normalized spacial score (nSPS) is 22.7. The Labute approximate surface area is 120 Å². The lowest BCUT2D eigenvalue weighted by Gasteiger charge is -2.31. The van der Waals surface area contributed by atoms with Crippen LogP contribution >= 0.6 is 0 Å². The van der Waals surface area contributed by atoms with E-state index in [0.29, 0.717) is 6.92 Å². The molecule has 21 heavy (non-hydrogen) atoms. The predicted molar refractivity (Wildman–Crippen MR) is 68.9 cm³/mol. The Morgan fingerprint density at radius 2 is 2.00 bits per heavy atom. The number of aliphatic carboxylic acids is 1. The van der Waals surface area contributed by atoms with Crippen molar-refractivity contribution in [2.45, 2.75) is 25.1 Å². The number of rotatable bonds is 4. The fraction of sp³-hybridized carbons (Fsp3) is 0.833. The maximum absolute atomic E-state index is 12.8. The fourth-order valence-electron chi connectivity index (χ4n) is 2.20. The van der Waals surface area contributed by atoms with Crippen LogP contribution in [0.5, 0.6) is 0 Å². The largest absolute Gasteiger partial charge is 0.479 e. The molecule has 2 atom stereocenters. The van der Waals surface area contributed by atoms with E-state index in [2.05, 4.69) is 4.90 Å². The van der Waals surface area contributed by atoms with E-state index >= 15 is 0 Å². The van der Waals surface area contributed by atoms with Gasteiger partial charge in [-0.25, -0.2) is 9.59 Å². The zero-order chi connectivity index (χ0) is 16.4. The van der Waals surface area contributed by atoms with Gasteiger partial charge in [-0.2, -0.15) is 13.2 Å². The summed E-state index contributed by atoms with van der Waals surface area (Å²) in [6.07, 6.45) is -4.23. The van der Waals surface area contributed by atoms with Crippen LogP contribution in [0.1, 0.15) is 13.3 Å². The van der Waals surface area contributed by atoms with Crippen LogP contribution in [0.15, 0.2) is 0 Å². The summed E-state index contributed by atoms with van der Waals surface area (Å²) in [6, 6.07) is -1.05. The molecule has 1 saturated heterocycles. The van der Waals surface area contributed by atoms with E-state index in [4.69, 9.17) is 5.11 Å². The van der Waals surface area contributed by atoms with Gasteiger partial charge in [0.15, 0.2) is 0 Å². The van der Waals surface area contributed by atoms with Crippen LogP contribution in [-0.4, -0.2) is 72.4 Å². The van der Waals surface area contributed by atoms with Crippen molar-refractivity contribution in [1.82, 2.24) is 15.1 Å². The Bertz CT molecular complexity index is 416. The molecule has 1 heterocycles. The third kappa shape index (κ3) is 3.99. The van der Waals surface area contributed by atoms with Crippen LogP contribution in [0.25, 0.3) is 0 Å².